The number of fused-ring (bicyclic) bond motifs is 2. The van der Waals surface area contributed by atoms with Gasteiger partial charge in [0.25, 0.3) is 0 Å². The number of ether oxygens (including phenoxy) is 3. The highest BCUT2D eigenvalue weighted by Crippen LogP contribution is 2.36. The van der Waals surface area contributed by atoms with E-state index in [1.54, 1.807) is 14.0 Å². The zero-order valence-corrected chi connectivity index (χ0v) is 24.1. The SMILES string of the molecule is CCOC(=O)c1[nH]c2c(-c3c(CO)nn(CCOC)c3C)cccc2c1CC[C@H](C)Oc1cccc2ccccc12. The van der Waals surface area contributed by atoms with Crippen LogP contribution in [0.1, 0.15) is 47.7 Å². The van der Waals surface area contributed by atoms with Crippen LogP contribution in [0.2, 0.25) is 0 Å². The maximum absolute atomic E-state index is 13.1. The number of rotatable bonds is 12. The van der Waals surface area contributed by atoms with Crippen LogP contribution in [0.25, 0.3) is 32.8 Å². The van der Waals surface area contributed by atoms with Crippen LogP contribution >= 0.6 is 0 Å². The molecule has 8 heteroatoms. The number of carbonyl (C=O) groups is 1. The number of methoxy groups -OCH3 is 1. The van der Waals surface area contributed by atoms with Gasteiger partial charge < -0.3 is 24.3 Å². The van der Waals surface area contributed by atoms with Gasteiger partial charge in [-0.25, -0.2) is 4.79 Å². The third-order valence-electron chi connectivity index (χ3n) is 7.50. The molecule has 0 fully saturated rings. The molecule has 2 N–H and O–H groups in total. The van der Waals surface area contributed by atoms with Crippen molar-refractivity contribution < 1.29 is 24.1 Å². The highest BCUT2D eigenvalue weighted by atomic mass is 16.5. The van der Waals surface area contributed by atoms with Crippen LogP contribution in [0.15, 0.2) is 60.7 Å². The first-order valence-corrected chi connectivity index (χ1v) is 14.1. The van der Waals surface area contributed by atoms with Crippen LogP contribution in [-0.2, 0) is 29.0 Å². The largest absolute Gasteiger partial charge is 0.490 e. The number of para-hydroxylation sites is 1. The summed E-state index contributed by atoms with van der Waals surface area (Å²) in [5.41, 5.74) is 5.39. The van der Waals surface area contributed by atoms with Gasteiger partial charge in [0.1, 0.15) is 11.4 Å². The summed E-state index contributed by atoms with van der Waals surface area (Å²) in [5.74, 6) is 0.460. The summed E-state index contributed by atoms with van der Waals surface area (Å²) in [6.07, 6.45) is 1.22. The molecule has 0 aliphatic heterocycles. The summed E-state index contributed by atoms with van der Waals surface area (Å²) in [4.78, 5) is 16.5. The molecule has 0 saturated carbocycles. The van der Waals surface area contributed by atoms with E-state index in [0.29, 0.717) is 37.4 Å². The Balaban J connectivity index is 1.50. The Morgan fingerprint density at radius 2 is 1.83 bits per heavy atom. The highest BCUT2D eigenvalue weighted by Gasteiger charge is 2.24. The van der Waals surface area contributed by atoms with Gasteiger partial charge in [-0.1, -0.05) is 54.6 Å². The fraction of sp³-hybridized carbons (Fsp3) is 0.333. The number of esters is 1. The van der Waals surface area contributed by atoms with E-state index in [4.69, 9.17) is 14.2 Å². The number of nitrogens with one attached hydrogen (secondary N) is 1. The molecular weight excluding hydrogens is 518 g/mol. The second-order valence-electron chi connectivity index (χ2n) is 10.2. The van der Waals surface area contributed by atoms with E-state index in [2.05, 4.69) is 35.2 Å². The van der Waals surface area contributed by atoms with E-state index in [1.807, 2.05) is 54.1 Å². The van der Waals surface area contributed by atoms with E-state index in [-0.39, 0.29) is 25.3 Å². The lowest BCUT2D eigenvalue weighted by molar-refractivity contribution is 0.0519. The number of aromatic amines is 1. The Labute approximate surface area is 239 Å². The molecule has 0 bridgehead atoms. The predicted octanol–water partition coefficient (Wildman–Crippen LogP) is 6.21. The Bertz CT molecular complexity index is 1660. The normalized spacial score (nSPS) is 12.2. The van der Waals surface area contributed by atoms with Crippen LogP contribution < -0.4 is 4.74 Å². The van der Waals surface area contributed by atoms with Gasteiger partial charge in [-0.05, 0) is 50.6 Å². The van der Waals surface area contributed by atoms with Crippen LogP contribution in [-0.4, -0.2) is 52.3 Å². The Kier molecular flexibility index (Phi) is 8.71. The standard InChI is InChI=1S/C33H37N3O5/c1-5-40-33(38)32-26(17-16-21(2)41-29-15-8-11-23-10-6-7-12-24(23)29)25-13-9-14-27(31(25)34-32)30-22(3)36(18-19-39-4)35-28(30)20-37/h6-15,21,34,37H,5,16-20H2,1-4H3/t21-/m0/s1. The minimum atomic E-state index is -0.387. The molecule has 214 valence electrons. The average molecular weight is 556 g/mol. The topological polar surface area (TPSA) is 98.6 Å². The zero-order valence-electron chi connectivity index (χ0n) is 24.1. The monoisotopic (exact) mass is 555 g/mol. The lowest BCUT2D eigenvalue weighted by atomic mass is 9.98. The van der Waals surface area contributed by atoms with Gasteiger partial charge in [0, 0.05) is 34.7 Å². The van der Waals surface area contributed by atoms with E-state index in [9.17, 15) is 9.90 Å². The molecule has 0 spiro atoms. The van der Waals surface area contributed by atoms with Crippen LogP contribution in [0.5, 0.6) is 5.75 Å². The maximum Gasteiger partial charge on any atom is 0.355 e. The summed E-state index contributed by atoms with van der Waals surface area (Å²) >= 11 is 0. The number of aryl methyl sites for hydroxylation is 1. The molecule has 0 aliphatic carbocycles. The van der Waals surface area contributed by atoms with Crippen molar-refractivity contribution in [1.82, 2.24) is 14.8 Å². The van der Waals surface area contributed by atoms with Gasteiger partial charge in [-0.3, -0.25) is 4.68 Å². The molecule has 5 rings (SSSR count). The summed E-state index contributed by atoms with van der Waals surface area (Å²) in [7, 11) is 1.65. The predicted molar refractivity (Wildman–Crippen MR) is 160 cm³/mol. The van der Waals surface area contributed by atoms with Crippen molar-refractivity contribution in [3.8, 4) is 16.9 Å². The van der Waals surface area contributed by atoms with Gasteiger partial charge >= 0.3 is 5.97 Å². The molecule has 0 radical (unpaired) electrons. The number of H-pyrrole nitrogens is 1. The van der Waals surface area contributed by atoms with Crippen molar-refractivity contribution in [2.45, 2.75) is 52.9 Å². The number of aromatic nitrogens is 3. The number of carbonyl (C=O) groups excluding carboxylic acids is 1. The van der Waals surface area contributed by atoms with Crippen molar-refractivity contribution in [2.75, 3.05) is 20.3 Å². The summed E-state index contributed by atoms with van der Waals surface area (Å²) in [5, 5.41) is 17.9. The van der Waals surface area contributed by atoms with Gasteiger partial charge in [0.15, 0.2) is 0 Å². The van der Waals surface area contributed by atoms with Crippen LogP contribution in [0, 0.1) is 6.92 Å². The zero-order chi connectivity index (χ0) is 28.9. The fourth-order valence-electron chi connectivity index (χ4n) is 5.51. The molecule has 2 aromatic heterocycles. The molecular formula is C33H37N3O5. The molecule has 1 atom stereocenters. The average Bonchev–Trinajstić information content (AvgIpc) is 3.52. The number of hydrogen-bond donors (Lipinski definition) is 2. The van der Waals surface area contributed by atoms with Crippen molar-refractivity contribution in [3.63, 3.8) is 0 Å². The molecule has 0 saturated heterocycles. The minimum absolute atomic E-state index is 0.0914. The van der Waals surface area contributed by atoms with E-state index in [1.165, 1.54) is 0 Å². The van der Waals surface area contributed by atoms with Gasteiger partial charge in [-0.15, -0.1) is 0 Å². The molecule has 3 aromatic carbocycles. The van der Waals surface area contributed by atoms with Crippen molar-refractivity contribution in [1.29, 1.82) is 0 Å². The Morgan fingerprint density at radius 1 is 1.07 bits per heavy atom. The van der Waals surface area contributed by atoms with E-state index in [0.717, 1.165) is 49.8 Å². The number of aliphatic hydroxyl groups is 1. The molecule has 0 amide bonds. The molecule has 0 unspecified atom stereocenters. The molecule has 5 aromatic rings. The number of hydrogen-bond acceptors (Lipinski definition) is 6. The number of nitrogens with zero attached hydrogens (tertiary/aromatic N) is 2. The van der Waals surface area contributed by atoms with E-state index >= 15 is 0 Å². The first-order valence-electron chi connectivity index (χ1n) is 14.1. The maximum atomic E-state index is 13.1. The quantitative estimate of drug-likeness (QED) is 0.178. The van der Waals surface area contributed by atoms with Crippen LogP contribution in [0.3, 0.4) is 0 Å². The van der Waals surface area contributed by atoms with Crippen LogP contribution in [0.4, 0.5) is 0 Å². The summed E-state index contributed by atoms with van der Waals surface area (Å²) in [6, 6.07) is 20.2. The third kappa shape index (κ3) is 5.71. The molecule has 8 nitrogen and oxygen atoms in total. The third-order valence-corrected chi connectivity index (χ3v) is 7.50. The Hall–Kier alpha value is -4.14. The van der Waals surface area contributed by atoms with E-state index < -0.39 is 0 Å². The summed E-state index contributed by atoms with van der Waals surface area (Å²) in [6.45, 7) is 7.00. The molecule has 2 heterocycles. The van der Waals surface area contributed by atoms with Gasteiger partial charge in [0.05, 0.1) is 43.7 Å². The molecule has 0 aliphatic rings. The molecule has 41 heavy (non-hydrogen) atoms. The van der Waals surface area contributed by atoms with Crippen molar-refractivity contribution in [2.24, 2.45) is 0 Å². The Morgan fingerprint density at radius 3 is 2.61 bits per heavy atom. The van der Waals surface area contributed by atoms with Crippen molar-refractivity contribution in [3.05, 3.63) is 83.3 Å². The second-order valence-corrected chi connectivity index (χ2v) is 10.2. The smallest absolute Gasteiger partial charge is 0.355 e. The first kappa shape index (κ1) is 28.4. The number of benzene rings is 3. The minimum Gasteiger partial charge on any atom is -0.490 e. The summed E-state index contributed by atoms with van der Waals surface area (Å²) < 4.78 is 18.9. The lowest BCUT2D eigenvalue weighted by Gasteiger charge is -2.16. The van der Waals surface area contributed by atoms with Crippen molar-refractivity contribution >= 4 is 27.6 Å². The fourth-order valence-corrected chi connectivity index (χ4v) is 5.51. The lowest BCUT2D eigenvalue weighted by Crippen LogP contribution is -2.14. The highest BCUT2D eigenvalue weighted by molar-refractivity contribution is 6.04. The number of aliphatic hydroxyl groups excluding tert-OH is 1. The van der Waals surface area contributed by atoms with Gasteiger partial charge in [-0.2, -0.15) is 5.10 Å². The first-order chi connectivity index (χ1) is 20.0. The van der Waals surface area contributed by atoms with Gasteiger partial charge in [0.2, 0.25) is 0 Å². The second kappa shape index (κ2) is 12.6.